The summed E-state index contributed by atoms with van der Waals surface area (Å²) >= 11 is 0. The monoisotopic (exact) mass is 335 g/mol. The standard InChI is InChI=1S/C17H13N5O3/c23-15(11-5-7-12(8-6-11)22-10-18-20-21-22)9-17(25)13-3-1-2-4-14(13)19-16(17)24/h1-8,10,25H,9H2,(H,19,24)/t17-/m1/s1. The van der Waals surface area contributed by atoms with Gasteiger partial charge in [0, 0.05) is 16.8 Å². The molecular weight excluding hydrogens is 322 g/mol. The first-order valence-corrected chi connectivity index (χ1v) is 7.58. The van der Waals surface area contributed by atoms with Crippen LogP contribution >= 0.6 is 0 Å². The highest BCUT2D eigenvalue weighted by Gasteiger charge is 2.46. The van der Waals surface area contributed by atoms with Crippen LogP contribution in [0.2, 0.25) is 0 Å². The normalized spacial score (nSPS) is 18.7. The number of hydrogen-bond donors (Lipinski definition) is 2. The number of amides is 1. The van der Waals surface area contributed by atoms with Gasteiger partial charge in [-0.15, -0.1) is 5.10 Å². The Labute approximate surface area is 142 Å². The Bertz CT molecular complexity index is 953. The first-order valence-electron chi connectivity index (χ1n) is 7.58. The maximum atomic E-state index is 12.6. The second-order valence-corrected chi connectivity index (χ2v) is 5.76. The van der Waals surface area contributed by atoms with E-state index in [1.54, 1.807) is 48.5 Å². The Hall–Kier alpha value is -3.39. The summed E-state index contributed by atoms with van der Waals surface area (Å²) in [4.78, 5) is 24.8. The average molecular weight is 335 g/mol. The second-order valence-electron chi connectivity index (χ2n) is 5.76. The van der Waals surface area contributed by atoms with Gasteiger partial charge < -0.3 is 10.4 Å². The molecule has 8 nitrogen and oxygen atoms in total. The number of hydrogen-bond acceptors (Lipinski definition) is 6. The molecule has 0 radical (unpaired) electrons. The molecule has 0 spiro atoms. The van der Waals surface area contributed by atoms with E-state index in [-0.39, 0.29) is 12.2 Å². The highest BCUT2D eigenvalue weighted by atomic mass is 16.3. The second kappa shape index (κ2) is 5.60. The number of Topliss-reactive ketones (excluding diaryl/α,β-unsaturated/α-hetero) is 1. The minimum Gasteiger partial charge on any atom is -0.375 e. The summed E-state index contributed by atoms with van der Waals surface area (Å²) in [6, 6.07) is 13.4. The molecule has 2 N–H and O–H groups in total. The maximum Gasteiger partial charge on any atom is 0.261 e. The number of aromatic nitrogens is 4. The summed E-state index contributed by atoms with van der Waals surface area (Å²) in [7, 11) is 0. The molecule has 0 saturated carbocycles. The highest BCUT2D eigenvalue weighted by Crippen LogP contribution is 2.38. The van der Waals surface area contributed by atoms with E-state index in [2.05, 4.69) is 20.8 Å². The van der Waals surface area contributed by atoms with Gasteiger partial charge in [-0.2, -0.15) is 0 Å². The van der Waals surface area contributed by atoms with Gasteiger partial charge in [0.15, 0.2) is 11.4 Å². The molecule has 1 amide bonds. The van der Waals surface area contributed by atoms with Crippen molar-refractivity contribution in [1.29, 1.82) is 0 Å². The predicted octanol–water partition coefficient (Wildman–Crippen LogP) is 1.07. The van der Waals surface area contributed by atoms with Gasteiger partial charge in [-0.25, -0.2) is 4.68 Å². The smallest absolute Gasteiger partial charge is 0.261 e. The van der Waals surface area contributed by atoms with Crippen LogP contribution in [0.25, 0.3) is 5.69 Å². The minimum atomic E-state index is -1.86. The summed E-state index contributed by atoms with van der Waals surface area (Å²) in [5.41, 5.74) is 0.171. The number of nitrogens with one attached hydrogen (secondary N) is 1. The van der Waals surface area contributed by atoms with Crippen molar-refractivity contribution in [3.05, 3.63) is 66.0 Å². The number of para-hydroxylation sites is 1. The van der Waals surface area contributed by atoms with Crippen molar-refractivity contribution in [2.75, 3.05) is 5.32 Å². The van der Waals surface area contributed by atoms with Gasteiger partial charge in [0.1, 0.15) is 6.33 Å². The van der Waals surface area contributed by atoms with Crippen molar-refractivity contribution >= 4 is 17.4 Å². The fraction of sp³-hybridized carbons (Fsp3) is 0.118. The summed E-state index contributed by atoms with van der Waals surface area (Å²) in [5, 5.41) is 24.3. The Kier molecular flexibility index (Phi) is 3.40. The van der Waals surface area contributed by atoms with Crippen molar-refractivity contribution in [2.45, 2.75) is 12.0 Å². The van der Waals surface area contributed by atoms with Gasteiger partial charge in [0.25, 0.3) is 5.91 Å². The number of nitrogens with zero attached hydrogens (tertiary/aromatic N) is 4. The summed E-state index contributed by atoms with van der Waals surface area (Å²) in [6.45, 7) is 0. The van der Waals surface area contributed by atoms with E-state index < -0.39 is 11.5 Å². The molecule has 0 unspecified atom stereocenters. The highest BCUT2D eigenvalue weighted by molar-refractivity contribution is 6.09. The third kappa shape index (κ3) is 2.48. The molecule has 2 heterocycles. The maximum absolute atomic E-state index is 12.6. The van der Waals surface area contributed by atoms with E-state index >= 15 is 0 Å². The topological polar surface area (TPSA) is 110 Å². The SMILES string of the molecule is O=C(C[C@]1(O)C(=O)Nc2ccccc21)c1ccc(-n2cnnn2)cc1. The minimum absolute atomic E-state index is 0.333. The van der Waals surface area contributed by atoms with Gasteiger partial charge in [-0.1, -0.05) is 18.2 Å². The average Bonchev–Trinajstić information content (AvgIpc) is 3.24. The van der Waals surface area contributed by atoms with E-state index in [1.165, 1.54) is 11.0 Å². The molecular formula is C17H13N5O3. The van der Waals surface area contributed by atoms with E-state index in [1.807, 2.05) is 0 Å². The quantitative estimate of drug-likeness (QED) is 0.690. The number of carbonyl (C=O) groups excluding carboxylic acids is 2. The third-order valence-electron chi connectivity index (χ3n) is 4.22. The van der Waals surface area contributed by atoms with Crippen molar-refractivity contribution in [2.24, 2.45) is 0 Å². The van der Waals surface area contributed by atoms with Crippen LogP contribution < -0.4 is 5.32 Å². The van der Waals surface area contributed by atoms with Gasteiger partial charge in [-0.3, -0.25) is 9.59 Å². The van der Waals surface area contributed by atoms with Crippen LogP contribution in [-0.4, -0.2) is 37.0 Å². The number of benzene rings is 2. The zero-order valence-corrected chi connectivity index (χ0v) is 13.0. The van der Waals surface area contributed by atoms with Gasteiger partial charge in [0.2, 0.25) is 0 Å². The molecule has 1 aliphatic rings. The molecule has 1 aromatic heterocycles. The zero-order valence-electron chi connectivity index (χ0n) is 13.0. The van der Waals surface area contributed by atoms with E-state index in [0.717, 1.165) is 0 Å². The van der Waals surface area contributed by atoms with Crippen molar-refractivity contribution < 1.29 is 14.7 Å². The van der Waals surface area contributed by atoms with Crippen LogP contribution in [0.15, 0.2) is 54.9 Å². The Balaban J connectivity index is 1.59. The van der Waals surface area contributed by atoms with Crippen LogP contribution in [0, 0.1) is 0 Å². The van der Waals surface area contributed by atoms with Crippen LogP contribution in [-0.2, 0) is 10.4 Å². The summed E-state index contributed by atoms with van der Waals surface area (Å²) in [6.07, 6.45) is 1.11. The predicted molar refractivity (Wildman–Crippen MR) is 87.1 cm³/mol. The number of anilines is 1. The molecule has 0 saturated heterocycles. The number of rotatable bonds is 4. The molecule has 2 aromatic carbocycles. The molecule has 1 atom stereocenters. The van der Waals surface area contributed by atoms with Gasteiger partial charge in [0.05, 0.1) is 12.1 Å². The largest absolute Gasteiger partial charge is 0.375 e. The molecule has 8 heteroatoms. The molecule has 0 fully saturated rings. The van der Waals surface area contributed by atoms with E-state index in [9.17, 15) is 14.7 Å². The van der Waals surface area contributed by atoms with E-state index in [4.69, 9.17) is 0 Å². The lowest BCUT2D eigenvalue weighted by atomic mass is 9.88. The van der Waals surface area contributed by atoms with Crippen molar-refractivity contribution in [3.63, 3.8) is 0 Å². The van der Waals surface area contributed by atoms with Crippen molar-refractivity contribution in [1.82, 2.24) is 20.2 Å². The molecule has 1 aliphatic heterocycles. The number of ketones is 1. The first-order chi connectivity index (χ1) is 12.1. The molecule has 124 valence electrons. The number of fused-ring (bicyclic) bond motifs is 1. The van der Waals surface area contributed by atoms with Gasteiger partial charge in [-0.05, 0) is 40.8 Å². The third-order valence-corrected chi connectivity index (χ3v) is 4.22. The lowest BCUT2D eigenvalue weighted by Crippen LogP contribution is -2.36. The van der Waals surface area contributed by atoms with Gasteiger partial charge >= 0.3 is 0 Å². The molecule has 25 heavy (non-hydrogen) atoms. The summed E-state index contributed by atoms with van der Waals surface area (Å²) in [5.74, 6) is -0.926. The fourth-order valence-electron chi connectivity index (χ4n) is 2.89. The number of carbonyl (C=O) groups is 2. The molecule has 0 aliphatic carbocycles. The van der Waals surface area contributed by atoms with Crippen LogP contribution in [0.5, 0.6) is 0 Å². The Morgan fingerprint density at radius 3 is 2.64 bits per heavy atom. The van der Waals surface area contributed by atoms with Crippen LogP contribution in [0.1, 0.15) is 22.3 Å². The lowest BCUT2D eigenvalue weighted by molar-refractivity contribution is -0.133. The lowest BCUT2D eigenvalue weighted by Gasteiger charge is -2.20. The summed E-state index contributed by atoms with van der Waals surface area (Å²) < 4.78 is 1.46. The molecule has 3 aromatic rings. The fourth-order valence-corrected chi connectivity index (χ4v) is 2.89. The van der Waals surface area contributed by atoms with Crippen LogP contribution in [0.3, 0.4) is 0 Å². The Morgan fingerprint density at radius 2 is 1.92 bits per heavy atom. The van der Waals surface area contributed by atoms with E-state index in [0.29, 0.717) is 22.5 Å². The first kappa shape index (κ1) is 15.2. The van der Waals surface area contributed by atoms with Crippen LogP contribution in [0.4, 0.5) is 5.69 Å². The Morgan fingerprint density at radius 1 is 1.16 bits per heavy atom. The zero-order chi connectivity index (χ0) is 17.4. The number of tetrazole rings is 1. The number of aliphatic hydroxyl groups is 1. The molecule has 0 bridgehead atoms. The molecule has 4 rings (SSSR count). The van der Waals surface area contributed by atoms with Crippen molar-refractivity contribution in [3.8, 4) is 5.69 Å².